The summed E-state index contributed by atoms with van der Waals surface area (Å²) in [5, 5.41) is 3.73. The largest absolute Gasteiger partial charge is 0.493 e. The predicted octanol–water partition coefficient (Wildman–Crippen LogP) is 1.80. The summed E-state index contributed by atoms with van der Waals surface area (Å²) in [6.07, 6.45) is 1.32. The molecule has 0 saturated heterocycles. The Balaban J connectivity index is 2.12. The molecule has 26 heavy (non-hydrogen) atoms. The minimum atomic E-state index is -3.87. The van der Waals surface area contributed by atoms with E-state index in [1.807, 2.05) is 0 Å². The Morgan fingerprint density at radius 3 is 2.23 bits per heavy atom. The lowest BCUT2D eigenvalue weighted by atomic mass is 10.1. The first-order chi connectivity index (χ1) is 12.4. The maximum absolute atomic E-state index is 12.3. The van der Waals surface area contributed by atoms with Gasteiger partial charge in [0.25, 0.3) is 10.0 Å². The number of carbonyl (C=O) groups is 1. The predicted molar refractivity (Wildman–Crippen MR) is 95.2 cm³/mol. The van der Waals surface area contributed by atoms with Crippen molar-refractivity contribution in [3.63, 3.8) is 0 Å². The van der Waals surface area contributed by atoms with Gasteiger partial charge in [-0.05, 0) is 29.8 Å². The SMILES string of the molecule is COC(=O)c1ccc(/C=N/NS(=O)(=O)c2ccc(OC)c(OC)c2)cc1. The molecular weight excluding hydrogens is 360 g/mol. The summed E-state index contributed by atoms with van der Waals surface area (Å²) in [5.74, 6) is 0.251. The summed E-state index contributed by atoms with van der Waals surface area (Å²) >= 11 is 0. The van der Waals surface area contributed by atoms with Crippen LogP contribution in [0, 0.1) is 0 Å². The number of rotatable bonds is 7. The Kier molecular flexibility index (Phi) is 6.18. The van der Waals surface area contributed by atoms with E-state index in [1.54, 1.807) is 24.3 Å². The van der Waals surface area contributed by atoms with Crippen molar-refractivity contribution in [3.05, 3.63) is 53.6 Å². The highest BCUT2D eigenvalue weighted by atomic mass is 32.2. The molecule has 2 aromatic rings. The topological polar surface area (TPSA) is 103 Å². The fourth-order valence-corrected chi connectivity index (χ4v) is 2.84. The Hall–Kier alpha value is -3.07. The summed E-state index contributed by atoms with van der Waals surface area (Å²) in [6.45, 7) is 0. The van der Waals surface area contributed by atoms with Crippen LogP contribution in [-0.2, 0) is 14.8 Å². The number of hydrogen-bond acceptors (Lipinski definition) is 7. The number of nitrogens with one attached hydrogen (secondary N) is 1. The lowest BCUT2D eigenvalue weighted by molar-refractivity contribution is 0.0600. The lowest BCUT2D eigenvalue weighted by Gasteiger charge is -2.09. The number of benzene rings is 2. The molecule has 1 N–H and O–H groups in total. The summed E-state index contributed by atoms with van der Waals surface area (Å²) < 4.78 is 39.3. The van der Waals surface area contributed by atoms with E-state index in [4.69, 9.17) is 9.47 Å². The smallest absolute Gasteiger partial charge is 0.337 e. The van der Waals surface area contributed by atoms with Gasteiger partial charge in [-0.25, -0.2) is 9.63 Å². The van der Waals surface area contributed by atoms with Gasteiger partial charge >= 0.3 is 5.97 Å². The van der Waals surface area contributed by atoms with E-state index < -0.39 is 16.0 Å². The average molecular weight is 378 g/mol. The molecule has 0 amide bonds. The van der Waals surface area contributed by atoms with Gasteiger partial charge in [-0.15, -0.1) is 0 Å². The molecule has 0 fully saturated rings. The number of methoxy groups -OCH3 is 3. The molecule has 0 aliphatic rings. The van der Waals surface area contributed by atoms with Gasteiger partial charge < -0.3 is 14.2 Å². The Labute approximate surface area is 151 Å². The fraction of sp³-hybridized carbons (Fsp3) is 0.176. The van der Waals surface area contributed by atoms with Crippen molar-refractivity contribution >= 4 is 22.2 Å². The molecule has 2 aromatic carbocycles. The van der Waals surface area contributed by atoms with Crippen LogP contribution in [0.5, 0.6) is 11.5 Å². The van der Waals surface area contributed by atoms with Gasteiger partial charge in [0.2, 0.25) is 0 Å². The van der Waals surface area contributed by atoms with Crippen LogP contribution in [0.3, 0.4) is 0 Å². The van der Waals surface area contributed by atoms with Crippen LogP contribution in [0.25, 0.3) is 0 Å². The molecule has 138 valence electrons. The van der Waals surface area contributed by atoms with Crippen molar-refractivity contribution in [2.45, 2.75) is 4.90 Å². The molecular formula is C17H18N2O6S. The first-order valence-corrected chi connectivity index (χ1v) is 8.85. The number of sulfonamides is 1. The minimum Gasteiger partial charge on any atom is -0.493 e. The van der Waals surface area contributed by atoms with Gasteiger partial charge in [0.15, 0.2) is 11.5 Å². The summed E-state index contributed by atoms with van der Waals surface area (Å²) in [6, 6.07) is 10.5. The molecule has 0 aliphatic carbocycles. The molecule has 0 bridgehead atoms. The Morgan fingerprint density at radius 1 is 1.00 bits per heavy atom. The quantitative estimate of drug-likeness (QED) is 0.448. The first-order valence-electron chi connectivity index (χ1n) is 7.36. The van der Waals surface area contributed by atoms with Gasteiger partial charge in [0, 0.05) is 6.07 Å². The molecule has 0 radical (unpaired) electrons. The van der Waals surface area contributed by atoms with Crippen molar-refractivity contribution in [3.8, 4) is 11.5 Å². The Morgan fingerprint density at radius 2 is 1.65 bits per heavy atom. The third-order valence-electron chi connectivity index (χ3n) is 3.38. The number of esters is 1. The van der Waals surface area contributed by atoms with E-state index in [2.05, 4.69) is 14.7 Å². The highest BCUT2D eigenvalue weighted by molar-refractivity contribution is 7.89. The van der Waals surface area contributed by atoms with E-state index >= 15 is 0 Å². The second-order valence-electron chi connectivity index (χ2n) is 4.98. The van der Waals surface area contributed by atoms with Gasteiger partial charge in [-0.3, -0.25) is 0 Å². The molecule has 0 unspecified atom stereocenters. The van der Waals surface area contributed by atoms with Crippen LogP contribution in [0.4, 0.5) is 0 Å². The normalized spacial score (nSPS) is 11.2. The van der Waals surface area contributed by atoms with Gasteiger partial charge in [0.1, 0.15) is 0 Å². The Bertz CT molecular complexity index is 907. The summed E-state index contributed by atoms with van der Waals surface area (Å²) in [7, 11) is 0.294. The van der Waals surface area contributed by atoms with Crippen LogP contribution in [-0.4, -0.2) is 41.9 Å². The zero-order valence-electron chi connectivity index (χ0n) is 14.4. The van der Waals surface area contributed by atoms with Crippen LogP contribution >= 0.6 is 0 Å². The van der Waals surface area contributed by atoms with E-state index in [1.165, 1.54) is 45.7 Å². The molecule has 0 aromatic heterocycles. The number of nitrogens with zero attached hydrogens (tertiary/aromatic N) is 1. The van der Waals surface area contributed by atoms with E-state index in [-0.39, 0.29) is 10.6 Å². The van der Waals surface area contributed by atoms with Gasteiger partial charge in [-0.1, -0.05) is 12.1 Å². The summed E-state index contributed by atoms with van der Waals surface area (Å²) in [5.41, 5.74) is 0.989. The number of carbonyl (C=O) groups excluding carboxylic acids is 1. The van der Waals surface area contributed by atoms with Crippen molar-refractivity contribution in [2.24, 2.45) is 5.10 Å². The second kappa shape index (κ2) is 8.34. The van der Waals surface area contributed by atoms with Crippen molar-refractivity contribution in [1.29, 1.82) is 0 Å². The molecule has 0 aliphatic heterocycles. The van der Waals surface area contributed by atoms with Gasteiger partial charge in [-0.2, -0.15) is 13.5 Å². The maximum Gasteiger partial charge on any atom is 0.337 e. The second-order valence-corrected chi connectivity index (χ2v) is 6.64. The first kappa shape index (κ1) is 19.3. The number of hydrogen-bond donors (Lipinski definition) is 1. The molecule has 2 rings (SSSR count). The zero-order valence-corrected chi connectivity index (χ0v) is 15.2. The maximum atomic E-state index is 12.3. The van der Waals surface area contributed by atoms with Crippen LogP contribution in [0.2, 0.25) is 0 Å². The molecule has 0 heterocycles. The van der Waals surface area contributed by atoms with Crippen LogP contribution in [0.15, 0.2) is 52.5 Å². The molecule has 0 atom stereocenters. The standard InChI is InChI=1S/C17H18N2O6S/c1-23-15-9-8-14(10-16(15)24-2)26(21,22)19-18-11-12-4-6-13(7-5-12)17(20)25-3/h4-11,19H,1-3H3/b18-11+. The highest BCUT2D eigenvalue weighted by Gasteiger charge is 2.16. The van der Waals surface area contributed by atoms with E-state index in [9.17, 15) is 13.2 Å². The lowest BCUT2D eigenvalue weighted by Crippen LogP contribution is -2.18. The number of ether oxygens (including phenoxy) is 3. The summed E-state index contributed by atoms with van der Waals surface area (Å²) in [4.78, 5) is 13.5. The molecule has 0 spiro atoms. The molecule has 9 heteroatoms. The molecule has 0 saturated carbocycles. The van der Waals surface area contributed by atoms with Crippen LogP contribution < -0.4 is 14.3 Å². The fourth-order valence-electron chi connectivity index (χ4n) is 2.03. The number of hydrazone groups is 1. The third kappa shape index (κ3) is 4.51. The molecule has 8 nitrogen and oxygen atoms in total. The van der Waals surface area contributed by atoms with Crippen LogP contribution in [0.1, 0.15) is 15.9 Å². The highest BCUT2D eigenvalue weighted by Crippen LogP contribution is 2.29. The van der Waals surface area contributed by atoms with E-state index in [0.717, 1.165) is 0 Å². The van der Waals surface area contributed by atoms with Crippen molar-refractivity contribution in [1.82, 2.24) is 4.83 Å². The third-order valence-corrected chi connectivity index (χ3v) is 4.60. The zero-order chi connectivity index (χ0) is 19.2. The average Bonchev–Trinajstić information content (AvgIpc) is 2.67. The van der Waals surface area contributed by atoms with Crippen molar-refractivity contribution < 1.29 is 27.4 Å². The van der Waals surface area contributed by atoms with E-state index in [0.29, 0.717) is 16.9 Å². The van der Waals surface area contributed by atoms with Gasteiger partial charge in [0.05, 0.1) is 38.0 Å². The monoisotopic (exact) mass is 378 g/mol. The minimum absolute atomic E-state index is 0.0201. The van der Waals surface area contributed by atoms with Crippen molar-refractivity contribution in [2.75, 3.05) is 21.3 Å².